The van der Waals surface area contributed by atoms with Crippen molar-refractivity contribution in [2.24, 2.45) is 7.05 Å². The van der Waals surface area contributed by atoms with E-state index in [0.717, 1.165) is 0 Å². The highest BCUT2D eigenvalue weighted by atomic mass is 32.2. The summed E-state index contributed by atoms with van der Waals surface area (Å²) in [5.41, 5.74) is 0.688. The van der Waals surface area contributed by atoms with Gasteiger partial charge in [-0.05, 0) is 11.3 Å². The van der Waals surface area contributed by atoms with Crippen molar-refractivity contribution in [1.29, 1.82) is 0 Å². The highest BCUT2D eigenvalue weighted by molar-refractivity contribution is 8.00. The van der Waals surface area contributed by atoms with E-state index in [1.54, 1.807) is 35.8 Å². The van der Waals surface area contributed by atoms with E-state index in [1.165, 1.54) is 0 Å². The van der Waals surface area contributed by atoms with Gasteiger partial charge in [-0.25, -0.2) is 0 Å². The molecule has 4 heteroatoms. The Morgan fingerprint density at radius 3 is 2.85 bits per heavy atom. The molecule has 0 amide bonds. The quantitative estimate of drug-likeness (QED) is 0.691. The fourth-order valence-electron chi connectivity index (χ4n) is 0.964. The van der Waals surface area contributed by atoms with E-state index in [4.69, 9.17) is 0 Å². The standard InChI is InChI=1S/C9H14N2OS/c1-7(2)13-6-9(12)8-4-5-10-11(8)3/h4-5,7H,6H2,1-3H3. The first-order chi connectivity index (χ1) is 6.11. The van der Waals surface area contributed by atoms with Crippen LogP contribution in [0.2, 0.25) is 0 Å². The van der Waals surface area contributed by atoms with E-state index < -0.39 is 0 Å². The van der Waals surface area contributed by atoms with Crippen molar-refractivity contribution in [2.75, 3.05) is 5.75 Å². The lowest BCUT2D eigenvalue weighted by Crippen LogP contribution is -2.10. The first-order valence-corrected chi connectivity index (χ1v) is 5.29. The molecule has 1 rings (SSSR count). The van der Waals surface area contributed by atoms with Crippen molar-refractivity contribution in [3.63, 3.8) is 0 Å². The SMILES string of the molecule is CC(C)SCC(=O)c1ccnn1C. The van der Waals surface area contributed by atoms with Gasteiger partial charge in [0.2, 0.25) is 0 Å². The number of carbonyl (C=O) groups excluding carboxylic acids is 1. The van der Waals surface area contributed by atoms with E-state index in [-0.39, 0.29) is 5.78 Å². The molecule has 0 atom stereocenters. The molecule has 0 fully saturated rings. The zero-order chi connectivity index (χ0) is 9.84. The molecule has 0 unspecified atom stereocenters. The molecule has 0 aliphatic rings. The van der Waals surface area contributed by atoms with Gasteiger partial charge in [0.05, 0.1) is 5.75 Å². The molecule has 1 aromatic rings. The van der Waals surface area contributed by atoms with Crippen LogP contribution in [-0.4, -0.2) is 26.6 Å². The van der Waals surface area contributed by atoms with Gasteiger partial charge in [0.1, 0.15) is 5.69 Å². The van der Waals surface area contributed by atoms with Crippen molar-refractivity contribution in [3.05, 3.63) is 18.0 Å². The van der Waals surface area contributed by atoms with Gasteiger partial charge in [-0.2, -0.15) is 16.9 Å². The molecule has 0 saturated heterocycles. The molecular formula is C9H14N2OS. The number of hydrogen-bond donors (Lipinski definition) is 0. The molecule has 72 valence electrons. The molecule has 0 N–H and O–H groups in total. The minimum atomic E-state index is 0.152. The first-order valence-electron chi connectivity index (χ1n) is 4.24. The Kier molecular flexibility index (Phi) is 3.54. The summed E-state index contributed by atoms with van der Waals surface area (Å²) >= 11 is 1.66. The lowest BCUT2D eigenvalue weighted by atomic mass is 10.3. The summed E-state index contributed by atoms with van der Waals surface area (Å²) < 4.78 is 1.61. The molecule has 0 radical (unpaired) electrons. The van der Waals surface area contributed by atoms with Crippen LogP contribution in [-0.2, 0) is 7.05 Å². The van der Waals surface area contributed by atoms with Crippen LogP contribution in [0.25, 0.3) is 0 Å². The molecule has 1 aromatic heterocycles. The van der Waals surface area contributed by atoms with Crippen LogP contribution in [0.5, 0.6) is 0 Å². The number of ketones is 1. The second kappa shape index (κ2) is 4.46. The Morgan fingerprint density at radius 2 is 2.38 bits per heavy atom. The average Bonchev–Trinajstić information content (AvgIpc) is 2.47. The summed E-state index contributed by atoms with van der Waals surface area (Å²) in [6.45, 7) is 4.17. The maximum Gasteiger partial charge on any atom is 0.190 e. The van der Waals surface area contributed by atoms with E-state index in [2.05, 4.69) is 18.9 Å². The zero-order valence-electron chi connectivity index (χ0n) is 8.15. The smallest absolute Gasteiger partial charge is 0.190 e. The summed E-state index contributed by atoms with van der Waals surface area (Å²) in [6, 6.07) is 1.75. The molecule has 13 heavy (non-hydrogen) atoms. The molecule has 0 bridgehead atoms. The molecule has 3 nitrogen and oxygen atoms in total. The highest BCUT2D eigenvalue weighted by Crippen LogP contribution is 2.11. The highest BCUT2D eigenvalue weighted by Gasteiger charge is 2.10. The largest absolute Gasteiger partial charge is 0.292 e. The van der Waals surface area contributed by atoms with Crippen molar-refractivity contribution in [1.82, 2.24) is 9.78 Å². The molecule has 0 saturated carbocycles. The van der Waals surface area contributed by atoms with Crippen LogP contribution in [0.4, 0.5) is 0 Å². The van der Waals surface area contributed by atoms with E-state index in [9.17, 15) is 4.79 Å². The Bertz CT molecular complexity index is 294. The second-order valence-corrected chi connectivity index (χ2v) is 4.69. The number of aromatic nitrogens is 2. The van der Waals surface area contributed by atoms with Gasteiger partial charge in [-0.1, -0.05) is 13.8 Å². The summed E-state index contributed by atoms with van der Waals surface area (Å²) in [7, 11) is 1.78. The normalized spacial score (nSPS) is 10.8. The number of carbonyl (C=O) groups is 1. The molecule has 0 aliphatic heterocycles. The van der Waals surface area contributed by atoms with E-state index in [1.807, 2.05) is 0 Å². The summed E-state index contributed by atoms with van der Waals surface area (Å²) in [5, 5.41) is 4.45. The van der Waals surface area contributed by atoms with Crippen LogP contribution in [0.1, 0.15) is 24.3 Å². The van der Waals surface area contributed by atoms with Crippen molar-refractivity contribution >= 4 is 17.5 Å². The van der Waals surface area contributed by atoms with Crippen LogP contribution in [0.15, 0.2) is 12.3 Å². The van der Waals surface area contributed by atoms with Crippen LogP contribution >= 0.6 is 11.8 Å². The third-order valence-corrected chi connectivity index (χ3v) is 2.75. The minimum absolute atomic E-state index is 0.152. The monoisotopic (exact) mass is 198 g/mol. The second-order valence-electron chi connectivity index (χ2n) is 3.12. The van der Waals surface area contributed by atoms with Gasteiger partial charge in [-0.15, -0.1) is 0 Å². The number of thioether (sulfide) groups is 1. The van der Waals surface area contributed by atoms with Crippen LogP contribution in [0, 0.1) is 0 Å². The predicted octanol–water partition coefficient (Wildman–Crippen LogP) is 1.74. The van der Waals surface area contributed by atoms with E-state index in [0.29, 0.717) is 16.7 Å². The van der Waals surface area contributed by atoms with Gasteiger partial charge in [0.15, 0.2) is 5.78 Å². The van der Waals surface area contributed by atoms with Gasteiger partial charge < -0.3 is 0 Å². The molecule has 0 aromatic carbocycles. The van der Waals surface area contributed by atoms with E-state index >= 15 is 0 Å². The molecular weight excluding hydrogens is 184 g/mol. The number of hydrogen-bond acceptors (Lipinski definition) is 3. The average molecular weight is 198 g/mol. The summed E-state index contributed by atoms with van der Waals surface area (Å²) in [6.07, 6.45) is 1.65. The Labute approximate surface area is 82.5 Å². The maximum absolute atomic E-state index is 11.5. The van der Waals surface area contributed by atoms with Crippen LogP contribution in [0.3, 0.4) is 0 Å². The minimum Gasteiger partial charge on any atom is -0.292 e. The number of aryl methyl sites for hydroxylation is 1. The third-order valence-electron chi connectivity index (χ3n) is 1.65. The Morgan fingerprint density at radius 1 is 1.69 bits per heavy atom. The fraction of sp³-hybridized carbons (Fsp3) is 0.556. The van der Waals surface area contributed by atoms with Crippen LogP contribution < -0.4 is 0 Å². The molecule has 0 spiro atoms. The number of Topliss-reactive ketones (excluding diaryl/α,β-unsaturated/α-hetero) is 1. The molecule has 0 aliphatic carbocycles. The van der Waals surface area contributed by atoms with Gasteiger partial charge in [0, 0.05) is 13.2 Å². The maximum atomic E-state index is 11.5. The Hall–Kier alpha value is -0.770. The van der Waals surface area contributed by atoms with Crippen molar-refractivity contribution in [3.8, 4) is 0 Å². The summed E-state index contributed by atoms with van der Waals surface area (Å²) in [4.78, 5) is 11.5. The van der Waals surface area contributed by atoms with Crippen molar-refractivity contribution < 1.29 is 4.79 Å². The van der Waals surface area contributed by atoms with Crippen molar-refractivity contribution in [2.45, 2.75) is 19.1 Å². The first kappa shape index (κ1) is 10.3. The molecule has 1 heterocycles. The van der Waals surface area contributed by atoms with Gasteiger partial charge in [-0.3, -0.25) is 9.48 Å². The predicted molar refractivity (Wildman–Crippen MR) is 55.1 cm³/mol. The summed E-state index contributed by atoms with van der Waals surface area (Å²) in [5.74, 6) is 0.690. The van der Waals surface area contributed by atoms with Gasteiger partial charge >= 0.3 is 0 Å². The fourth-order valence-corrected chi connectivity index (χ4v) is 1.60. The number of rotatable bonds is 4. The third kappa shape index (κ3) is 2.88. The number of nitrogens with zero attached hydrogens (tertiary/aromatic N) is 2. The Balaban J connectivity index is 2.54. The lowest BCUT2D eigenvalue weighted by molar-refractivity contribution is 0.101. The lowest BCUT2D eigenvalue weighted by Gasteiger charge is -2.03. The van der Waals surface area contributed by atoms with Gasteiger partial charge in [0.25, 0.3) is 0 Å². The zero-order valence-corrected chi connectivity index (χ0v) is 8.97. The topological polar surface area (TPSA) is 34.9 Å².